The number of hydrogen-bond donors (Lipinski definition) is 0. The van der Waals surface area contributed by atoms with Crippen LogP contribution in [0.4, 0.5) is 5.95 Å². The van der Waals surface area contributed by atoms with Crippen molar-refractivity contribution in [2.75, 3.05) is 24.6 Å². The van der Waals surface area contributed by atoms with Crippen LogP contribution in [0.2, 0.25) is 0 Å². The standard InChI is InChI=1S/C18H23BrN6O2/c19-15-10-20-18(21-11-15)24-6-4-16(5-7-24)23-27-13-14-9-22-25(12-14)17-3-1-2-8-26-17/h9-12,17H,1-8,13H2. The highest BCUT2D eigenvalue weighted by Gasteiger charge is 2.18. The maximum absolute atomic E-state index is 5.74. The molecule has 2 saturated heterocycles. The SMILES string of the molecule is Brc1cnc(N2CCC(=NOCc3cnn(C4CCCCO4)c3)CC2)nc1. The van der Waals surface area contributed by atoms with Crippen LogP contribution in [0.5, 0.6) is 0 Å². The van der Waals surface area contributed by atoms with E-state index in [9.17, 15) is 0 Å². The largest absolute Gasteiger partial charge is 0.391 e. The lowest BCUT2D eigenvalue weighted by atomic mass is 10.1. The van der Waals surface area contributed by atoms with Crippen molar-refractivity contribution in [2.24, 2.45) is 5.16 Å². The molecular formula is C18H23BrN6O2. The maximum atomic E-state index is 5.74. The Morgan fingerprint density at radius 1 is 1.19 bits per heavy atom. The second-order valence-electron chi connectivity index (χ2n) is 6.77. The van der Waals surface area contributed by atoms with Gasteiger partial charge in [0.15, 0.2) is 0 Å². The molecule has 2 aromatic heterocycles. The van der Waals surface area contributed by atoms with Crippen molar-refractivity contribution in [3.05, 3.63) is 34.8 Å². The van der Waals surface area contributed by atoms with Gasteiger partial charge in [-0.2, -0.15) is 5.10 Å². The monoisotopic (exact) mass is 434 g/mol. The Morgan fingerprint density at radius 3 is 2.74 bits per heavy atom. The van der Waals surface area contributed by atoms with Crippen molar-refractivity contribution in [3.8, 4) is 0 Å². The maximum Gasteiger partial charge on any atom is 0.225 e. The molecule has 2 aromatic rings. The summed E-state index contributed by atoms with van der Waals surface area (Å²) in [6.07, 6.45) is 12.5. The minimum Gasteiger partial charge on any atom is -0.391 e. The lowest BCUT2D eigenvalue weighted by Crippen LogP contribution is -2.35. The van der Waals surface area contributed by atoms with Crippen LogP contribution in [0.25, 0.3) is 0 Å². The van der Waals surface area contributed by atoms with Crippen LogP contribution in [-0.2, 0) is 16.2 Å². The molecule has 0 amide bonds. The predicted octanol–water partition coefficient (Wildman–Crippen LogP) is 3.31. The number of aromatic nitrogens is 4. The summed E-state index contributed by atoms with van der Waals surface area (Å²) in [6, 6.07) is 0. The summed E-state index contributed by atoms with van der Waals surface area (Å²) in [5, 5.41) is 8.71. The highest BCUT2D eigenvalue weighted by molar-refractivity contribution is 9.10. The van der Waals surface area contributed by atoms with E-state index in [1.54, 1.807) is 12.4 Å². The van der Waals surface area contributed by atoms with Crippen LogP contribution >= 0.6 is 15.9 Å². The Bertz CT molecular complexity index is 762. The van der Waals surface area contributed by atoms with Gasteiger partial charge in [0.1, 0.15) is 12.8 Å². The molecule has 2 aliphatic rings. The van der Waals surface area contributed by atoms with Gasteiger partial charge in [-0.3, -0.25) is 0 Å². The van der Waals surface area contributed by atoms with Crippen LogP contribution in [0, 0.1) is 0 Å². The lowest BCUT2D eigenvalue weighted by Gasteiger charge is -2.27. The molecule has 0 aromatic carbocycles. The third kappa shape index (κ3) is 4.84. The second kappa shape index (κ2) is 8.79. The average molecular weight is 435 g/mol. The summed E-state index contributed by atoms with van der Waals surface area (Å²) in [4.78, 5) is 16.4. The second-order valence-corrected chi connectivity index (χ2v) is 7.68. The molecule has 0 aliphatic carbocycles. The fraction of sp³-hybridized carbons (Fsp3) is 0.556. The zero-order chi connectivity index (χ0) is 18.5. The van der Waals surface area contributed by atoms with Crippen molar-refractivity contribution in [1.82, 2.24) is 19.7 Å². The number of nitrogens with zero attached hydrogens (tertiary/aromatic N) is 6. The third-order valence-corrected chi connectivity index (χ3v) is 5.17. The van der Waals surface area contributed by atoms with Crippen molar-refractivity contribution >= 4 is 27.6 Å². The Labute approximate surface area is 166 Å². The van der Waals surface area contributed by atoms with Crippen LogP contribution < -0.4 is 4.90 Å². The molecule has 27 heavy (non-hydrogen) atoms. The first-order chi connectivity index (χ1) is 13.3. The van der Waals surface area contributed by atoms with E-state index < -0.39 is 0 Å². The summed E-state index contributed by atoms with van der Waals surface area (Å²) in [5.41, 5.74) is 2.08. The van der Waals surface area contributed by atoms with Gasteiger partial charge in [0.05, 0.1) is 16.4 Å². The van der Waals surface area contributed by atoms with Gasteiger partial charge < -0.3 is 14.5 Å². The van der Waals surface area contributed by atoms with Crippen molar-refractivity contribution in [2.45, 2.75) is 44.9 Å². The molecule has 0 bridgehead atoms. The molecule has 0 spiro atoms. The van der Waals surface area contributed by atoms with Gasteiger partial charge in [-0.05, 0) is 35.2 Å². The molecule has 0 radical (unpaired) electrons. The molecule has 2 fully saturated rings. The Kier molecular flexibility index (Phi) is 5.98. The number of halogens is 1. The molecule has 0 N–H and O–H groups in total. The molecule has 8 nitrogen and oxygen atoms in total. The van der Waals surface area contributed by atoms with Gasteiger partial charge in [-0.15, -0.1) is 0 Å². The minimum absolute atomic E-state index is 0.0592. The fourth-order valence-electron chi connectivity index (χ4n) is 3.26. The Morgan fingerprint density at radius 2 is 2.00 bits per heavy atom. The van der Waals surface area contributed by atoms with Gasteiger partial charge in [-0.1, -0.05) is 5.16 Å². The summed E-state index contributed by atoms with van der Waals surface area (Å²) in [5.74, 6) is 0.760. The van der Waals surface area contributed by atoms with Crippen molar-refractivity contribution < 1.29 is 9.57 Å². The molecule has 9 heteroatoms. The molecule has 0 saturated carbocycles. The highest BCUT2D eigenvalue weighted by atomic mass is 79.9. The topological polar surface area (TPSA) is 77.7 Å². The number of ether oxygens (including phenoxy) is 1. The first kappa shape index (κ1) is 18.4. The van der Waals surface area contributed by atoms with E-state index in [2.05, 4.69) is 41.1 Å². The summed E-state index contributed by atoms with van der Waals surface area (Å²) in [6.45, 7) is 2.93. The normalized spacial score (nSPS) is 20.6. The van der Waals surface area contributed by atoms with Crippen LogP contribution in [0.1, 0.15) is 43.9 Å². The van der Waals surface area contributed by atoms with E-state index in [0.29, 0.717) is 6.61 Å². The van der Waals surface area contributed by atoms with E-state index in [4.69, 9.17) is 9.57 Å². The number of piperidine rings is 1. The van der Waals surface area contributed by atoms with Gasteiger partial charge in [0, 0.05) is 56.7 Å². The Hall–Kier alpha value is -2.00. The van der Waals surface area contributed by atoms with Gasteiger partial charge in [-0.25, -0.2) is 14.6 Å². The molecule has 1 atom stereocenters. The van der Waals surface area contributed by atoms with E-state index >= 15 is 0 Å². The molecule has 2 aliphatic heterocycles. The molecule has 4 heterocycles. The molecule has 144 valence electrons. The van der Waals surface area contributed by atoms with E-state index in [-0.39, 0.29) is 6.23 Å². The zero-order valence-electron chi connectivity index (χ0n) is 15.1. The van der Waals surface area contributed by atoms with Crippen molar-refractivity contribution in [1.29, 1.82) is 0 Å². The van der Waals surface area contributed by atoms with Crippen LogP contribution in [-0.4, -0.2) is 45.2 Å². The first-order valence-electron chi connectivity index (χ1n) is 9.33. The van der Waals surface area contributed by atoms with Gasteiger partial charge in [0.25, 0.3) is 0 Å². The summed E-state index contributed by atoms with van der Waals surface area (Å²) < 4.78 is 8.52. The van der Waals surface area contributed by atoms with Gasteiger partial charge in [0.2, 0.25) is 5.95 Å². The first-order valence-corrected chi connectivity index (χ1v) is 10.1. The quantitative estimate of drug-likeness (QED) is 0.671. The van der Waals surface area contributed by atoms with Crippen molar-refractivity contribution in [3.63, 3.8) is 0 Å². The fourth-order valence-corrected chi connectivity index (χ4v) is 3.47. The average Bonchev–Trinajstić information content (AvgIpc) is 3.19. The number of hydrogen-bond acceptors (Lipinski definition) is 7. The molecular weight excluding hydrogens is 412 g/mol. The molecule has 1 unspecified atom stereocenters. The van der Waals surface area contributed by atoms with Gasteiger partial charge >= 0.3 is 0 Å². The third-order valence-electron chi connectivity index (χ3n) is 4.76. The van der Waals surface area contributed by atoms with E-state index in [1.807, 2.05) is 17.1 Å². The Balaban J connectivity index is 1.24. The zero-order valence-corrected chi connectivity index (χ0v) is 16.7. The van der Waals surface area contributed by atoms with Crippen LogP contribution in [0.3, 0.4) is 0 Å². The number of oxime groups is 1. The molecule has 4 rings (SSSR count). The minimum atomic E-state index is 0.0592. The summed E-state index contributed by atoms with van der Waals surface area (Å²) in [7, 11) is 0. The summed E-state index contributed by atoms with van der Waals surface area (Å²) >= 11 is 3.36. The predicted molar refractivity (Wildman–Crippen MR) is 104 cm³/mol. The highest BCUT2D eigenvalue weighted by Crippen LogP contribution is 2.22. The van der Waals surface area contributed by atoms with E-state index in [0.717, 1.165) is 67.1 Å². The lowest BCUT2D eigenvalue weighted by molar-refractivity contribution is -0.0395. The number of anilines is 1. The van der Waals surface area contributed by atoms with E-state index in [1.165, 1.54) is 6.42 Å². The van der Waals surface area contributed by atoms with Crippen LogP contribution in [0.15, 0.2) is 34.4 Å². The number of rotatable bonds is 5. The smallest absolute Gasteiger partial charge is 0.225 e.